The lowest BCUT2D eigenvalue weighted by Gasteiger charge is -2.03. The molecular weight excluding hydrogens is 623 g/mol. The van der Waals surface area contributed by atoms with Crippen LogP contribution in [0.25, 0.3) is 30.3 Å². The third-order valence-corrected chi connectivity index (χ3v) is 9.53. The fourth-order valence-corrected chi connectivity index (χ4v) is 6.82. The minimum absolute atomic E-state index is 0.0730. The molecule has 0 amide bonds. The van der Waals surface area contributed by atoms with E-state index in [0.717, 1.165) is 19.3 Å². The Balaban J connectivity index is 0.000000156. The molecule has 6 rings (SSSR count). The maximum absolute atomic E-state index is 10.3. The minimum atomic E-state index is -0.815. The summed E-state index contributed by atoms with van der Waals surface area (Å²) in [6.45, 7) is 2.32. The average Bonchev–Trinajstić information content (AvgIpc) is 3.82. The van der Waals surface area contributed by atoms with E-state index in [1.54, 1.807) is 34.0 Å². The quantitative estimate of drug-likeness (QED) is 0.120. The van der Waals surface area contributed by atoms with E-state index in [1.807, 2.05) is 0 Å². The van der Waals surface area contributed by atoms with Gasteiger partial charge in [-0.2, -0.15) is 5.26 Å². The molecule has 2 N–H and O–H groups in total. The molecule has 45 heavy (non-hydrogen) atoms. The summed E-state index contributed by atoms with van der Waals surface area (Å²) in [7, 11) is 0. The Hall–Kier alpha value is -3.62. The number of hydrogen-bond acceptors (Lipinski definition) is 8. The Morgan fingerprint density at radius 1 is 0.644 bits per heavy atom. The molecule has 9 heteroatoms. The number of nitriles is 1. The molecule has 0 saturated carbocycles. The SMILES string of the molecule is N#CCCOCCc1ccc2sccc2c1.O=C(O)CCOCCc1ccc2sccc2c1.OCCc1ccc2sccc2c1. The van der Waals surface area contributed by atoms with Crippen molar-refractivity contribution in [2.45, 2.75) is 32.1 Å². The number of rotatable bonds is 13. The summed E-state index contributed by atoms with van der Waals surface area (Å²) < 4.78 is 14.6. The number of carboxylic acid groups (broad SMARTS) is 1. The zero-order valence-corrected chi connectivity index (χ0v) is 27.5. The Kier molecular flexibility index (Phi) is 14.5. The van der Waals surface area contributed by atoms with Crippen molar-refractivity contribution in [3.8, 4) is 6.07 Å². The summed E-state index contributed by atoms with van der Waals surface area (Å²) in [5.41, 5.74) is 3.73. The van der Waals surface area contributed by atoms with E-state index >= 15 is 0 Å². The molecule has 0 aliphatic heterocycles. The Labute approximate surface area is 275 Å². The number of benzene rings is 3. The van der Waals surface area contributed by atoms with Gasteiger partial charge < -0.3 is 19.7 Å². The zero-order chi connectivity index (χ0) is 31.7. The minimum Gasteiger partial charge on any atom is -0.481 e. The fourth-order valence-electron chi connectivity index (χ4n) is 4.51. The zero-order valence-electron chi connectivity index (χ0n) is 25.0. The second-order valence-electron chi connectivity index (χ2n) is 10.1. The average molecular weight is 660 g/mol. The molecule has 3 heterocycles. The van der Waals surface area contributed by atoms with Gasteiger partial charge in [0.2, 0.25) is 0 Å². The van der Waals surface area contributed by atoms with Crippen LogP contribution in [-0.4, -0.2) is 49.2 Å². The van der Waals surface area contributed by atoms with Crippen molar-refractivity contribution in [2.24, 2.45) is 0 Å². The number of aliphatic carboxylic acids is 1. The third kappa shape index (κ3) is 11.7. The van der Waals surface area contributed by atoms with Crippen LogP contribution < -0.4 is 0 Å². The summed E-state index contributed by atoms with van der Waals surface area (Å²) in [5.74, 6) is -0.815. The monoisotopic (exact) mass is 659 g/mol. The standard InChI is InChI=1S/C13H13NOS.C13H14O3S.C10H10OS/c14-6-1-7-15-8-4-11-2-3-13-12(10-11)5-9-16-13;14-13(15)4-7-16-6-3-10-1-2-12-11(9-10)5-8-17-12;11-5-3-8-1-2-10-9(7-8)4-6-12-10/h2-3,5,9-10H,1,4,7-8H2;1-2,5,8-9H,3-4,6-7H2,(H,14,15);1-2,4,6-7,11H,3,5H2. The van der Waals surface area contributed by atoms with E-state index in [-0.39, 0.29) is 19.6 Å². The summed E-state index contributed by atoms with van der Waals surface area (Å²) in [5, 5.41) is 35.7. The van der Waals surface area contributed by atoms with E-state index in [9.17, 15) is 4.79 Å². The van der Waals surface area contributed by atoms with E-state index in [4.69, 9.17) is 24.9 Å². The van der Waals surface area contributed by atoms with Gasteiger partial charge in [0.1, 0.15) is 0 Å². The first-order valence-corrected chi connectivity index (χ1v) is 17.4. The molecule has 0 bridgehead atoms. The number of carboxylic acids is 1. The fraction of sp³-hybridized carbons (Fsp3) is 0.278. The van der Waals surface area contributed by atoms with Gasteiger partial charge >= 0.3 is 5.97 Å². The van der Waals surface area contributed by atoms with E-state index in [0.29, 0.717) is 26.2 Å². The van der Waals surface area contributed by atoms with Crippen molar-refractivity contribution in [3.63, 3.8) is 0 Å². The molecule has 0 spiro atoms. The van der Waals surface area contributed by atoms with Gasteiger partial charge in [0.05, 0.1) is 45.3 Å². The van der Waals surface area contributed by atoms with Crippen LogP contribution in [-0.2, 0) is 33.5 Å². The highest BCUT2D eigenvalue weighted by molar-refractivity contribution is 7.17. The van der Waals surface area contributed by atoms with E-state index in [2.05, 4.69) is 95.0 Å². The van der Waals surface area contributed by atoms with Crippen molar-refractivity contribution in [1.29, 1.82) is 5.26 Å². The molecular formula is C36H37NO5S3. The second kappa shape index (κ2) is 19.0. The second-order valence-corrected chi connectivity index (χ2v) is 13.0. The first kappa shape index (κ1) is 34.3. The number of thiophene rings is 3. The van der Waals surface area contributed by atoms with Crippen molar-refractivity contribution in [2.75, 3.05) is 33.0 Å². The largest absolute Gasteiger partial charge is 0.481 e. The summed E-state index contributed by atoms with van der Waals surface area (Å²) in [6.07, 6.45) is 3.04. The van der Waals surface area contributed by atoms with Gasteiger partial charge in [0.25, 0.3) is 0 Å². The number of carbonyl (C=O) groups is 1. The highest BCUT2D eigenvalue weighted by atomic mass is 32.1. The van der Waals surface area contributed by atoms with Crippen LogP contribution in [0.4, 0.5) is 0 Å². The van der Waals surface area contributed by atoms with Gasteiger partial charge in [-0.05, 0) is 105 Å². The normalized spacial score (nSPS) is 10.7. The van der Waals surface area contributed by atoms with Crippen molar-refractivity contribution >= 4 is 70.2 Å². The van der Waals surface area contributed by atoms with Crippen LogP contribution in [0.3, 0.4) is 0 Å². The topological polar surface area (TPSA) is 99.8 Å². The lowest BCUT2D eigenvalue weighted by atomic mass is 10.1. The van der Waals surface area contributed by atoms with Gasteiger partial charge in [-0.1, -0.05) is 36.4 Å². The van der Waals surface area contributed by atoms with Gasteiger partial charge in [-0.3, -0.25) is 4.79 Å². The molecule has 6 nitrogen and oxygen atoms in total. The maximum Gasteiger partial charge on any atom is 0.305 e. The molecule has 0 aliphatic rings. The predicted molar refractivity (Wildman–Crippen MR) is 188 cm³/mol. The van der Waals surface area contributed by atoms with Crippen LogP contribution in [0.2, 0.25) is 0 Å². The highest BCUT2D eigenvalue weighted by Gasteiger charge is 2.01. The van der Waals surface area contributed by atoms with Crippen LogP contribution >= 0.6 is 34.0 Å². The first-order valence-electron chi connectivity index (χ1n) is 14.8. The first-order chi connectivity index (χ1) is 22.1. The van der Waals surface area contributed by atoms with E-state index in [1.165, 1.54) is 46.9 Å². The van der Waals surface area contributed by atoms with Gasteiger partial charge in [-0.15, -0.1) is 34.0 Å². The summed E-state index contributed by atoms with van der Waals surface area (Å²) in [4.78, 5) is 10.3. The Morgan fingerprint density at radius 2 is 1.09 bits per heavy atom. The van der Waals surface area contributed by atoms with Crippen molar-refractivity contribution in [1.82, 2.24) is 0 Å². The van der Waals surface area contributed by atoms with Crippen LogP contribution in [0.5, 0.6) is 0 Å². The van der Waals surface area contributed by atoms with Gasteiger partial charge in [-0.25, -0.2) is 0 Å². The van der Waals surface area contributed by atoms with Gasteiger partial charge in [0, 0.05) is 20.7 Å². The van der Waals surface area contributed by atoms with Crippen LogP contribution in [0.1, 0.15) is 29.5 Å². The number of aliphatic hydroxyl groups is 1. The smallest absolute Gasteiger partial charge is 0.305 e. The number of aliphatic hydroxyl groups excluding tert-OH is 1. The molecule has 0 saturated heterocycles. The molecule has 0 fully saturated rings. The van der Waals surface area contributed by atoms with E-state index < -0.39 is 5.97 Å². The molecule has 0 radical (unpaired) electrons. The predicted octanol–water partition coefficient (Wildman–Crippen LogP) is 8.75. The van der Waals surface area contributed by atoms with Gasteiger partial charge in [0.15, 0.2) is 0 Å². The number of fused-ring (bicyclic) bond motifs is 3. The lowest BCUT2D eigenvalue weighted by Crippen LogP contribution is -2.05. The Bertz CT molecular complexity index is 1800. The van der Waals surface area contributed by atoms with Crippen LogP contribution in [0, 0.1) is 11.3 Å². The molecule has 0 unspecified atom stereocenters. The van der Waals surface area contributed by atoms with Crippen molar-refractivity contribution in [3.05, 3.63) is 106 Å². The highest BCUT2D eigenvalue weighted by Crippen LogP contribution is 2.23. The lowest BCUT2D eigenvalue weighted by molar-refractivity contribution is -0.138. The molecule has 234 valence electrons. The summed E-state index contributed by atoms with van der Waals surface area (Å²) in [6, 6.07) is 27.6. The number of ether oxygens (including phenoxy) is 2. The molecule has 3 aromatic carbocycles. The van der Waals surface area contributed by atoms with Crippen LogP contribution in [0.15, 0.2) is 88.9 Å². The maximum atomic E-state index is 10.3. The third-order valence-electron chi connectivity index (χ3n) is 6.84. The molecule has 6 aromatic rings. The number of hydrogen-bond donors (Lipinski definition) is 2. The molecule has 0 aliphatic carbocycles. The van der Waals surface area contributed by atoms with Crippen molar-refractivity contribution < 1.29 is 24.5 Å². The Morgan fingerprint density at radius 3 is 1.51 bits per heavy atom. The molecule has 3 aromatic heterocycles. The number of nitrogens with zero attached hydrogens (tertiary/aromatic N) is 1. The molecule has 0 atom stereocenters. The summed E-state index contributed by atoms with van der Waals surface area (Å²) >= 11 is 5.25.